The van der Waals surface area contributed by atoms with Crippen LogP contribution in [0.2, 0.25) is 5.02 Å². The molecular weight excluding hydrogens is 361 g/mol. The standard InChI is InChI=1S/C18H25ClFN3O3/c1-12-8-14(16(20)9-15(12)19)18(25)23-6-4-22(5-7-23)10-13(2)21-17(24)11-26-3/h8-9,13H,4-7,10-11H2,1-3H3,(H,21,24)/t13-/m0/s1. The van der Waals surface area contributed by atoms with Crippen LogP contribution in [0.4, 0.5) is 4.39 Å². The zero-order valence-corrected chi connectivity index (χ0v) is 16.1. The normalized spacial score (nSPS) is 16.4. The fourth-order valence-corrected chi connectivity index (χ4v) is 3.16. The summed E-state index contributed by atoms with van der Waals surface area (Å²) in [6, 6.07) is 2.67. The summed E-state index contributed by atoms with van der Waals surface area (Å²) in [6.07, 6.45) is 0. The van der Waals surface area contributed by atoms with Gasteiger partial charge < -0.3 is 15.0 Å². The van der Waals surface area contributed by atoms with Crippen molar-refractivity contribution in [1.82, 2.24) is 15.1 Å². The molecule has 0 aromatic heterocycles. The Kier molecular flexibility index (Phi) is 7.37. The van der Waals surface area contributed by atoms with E-state index in [1.807, 2.05) is 6.92 Å². The van der Waals surface area contributed by atoms with Crippen LogP contribution < -0.4 is 5.32 Å². The highest BCUT2D eigenvalue weighted by Gasteiger charge is 2.25. The monoisotopic (exact) mass is 385 g/mol. The van der Waals surface area contributed by atoms with Crippen molar-refractivity contribution in [2.24, 2.45) is 0 Å². The Morgan fingerprint density at radius 2 is 1.96 bits per heavy atom. The smallest absolute Gasteiger partial charge is 0.256 e. The minimum atomic E-state index is -0.595. The van der Waals surface area contributed by atoms with E-state index in [1.165, 1.54) is 19.2 Å². The number of carbonyl (C=O) groups excluding carboxylic acids is 2. The van der Waals surface area contributed by atoms with E-state index < -0.39 is 5.82 Å². The molecular formula is C18H25ClFN3O3. The van der Waals surface area contributed by atoms with Gasteiger partial charge in [-0.25, -0.2) is 4.39 Å². The molecule has 1 fully saturated rings. The molecule has 1 N–H and O–H groups in total. The van der Waals surface area contributed by atoms with Crippen LogP contribution in [0.15, 0.2) is 12.1 Å². The molecule has 1 heterocycles. The molecule has 1 atom stereocenters. The molecule has 1 aromatic carbocycles. The van der Waals surface area contributed by atoms with Gasteiger partial charge in [0.05, 0.1) is 5.56 Å². The van der Waals surface area contributed by atoms with E-state index >= 15 is 0 Å². The second kappa shape index (κ2) is 9.30. The number of nitrogens with zero attached hydrogens (tertiary/aromatic N) is 2. The molecule has 2 amide bonds. The van der Waals surface area contributed by atoms with Gasteiger partial charge in [0.1, 0.15) is 12.4 Å². The van der Waals surface area contributed by atoms with E-state index in [9.17, 15) is 14.0 Å². The van der Waals surface area contributed by atoms with Crippen LogP contribution in [0.1, 0.15) is 22.8 Å². The Bertz CT molecular complexity index is 663. The zero-order valence-electron chi connectivity index (χ0n) is 15.3. The number of aryl methyl sites for hydroxylation is 1. The van der Waals surface area contributed by atoms with Crippen molar-refractivity contribution in [3.8, 4) is 0 Å². The van der Waals surface area contributed by atoms with E-state index in [2.05, 4.69) is 10.2 Å². The molecule has 1 aliphatic heterocycles. The maximum atomic E-state index is 14.1. The third-order valence-corrected chi connectivity index (χ3v) is 4.76. The number of halogens is 2. The number of hydrogen-bond donors (Lipinski definition) is 1. The molecule has 0 spiro atoms. The topological polar surface area (TPSA) is 61.9 Å². The third kappa shape index (κ3) is 5.40. The van der Waals surface area contributed by atoms with Gasteiger partial charge in [-0.3, -0.25) is 14.5 Å². The van der Waals surface area contributed by atoms with Crippen molar-refractivity contribution >= 4 is 23.4 Å². The van der Waals surface area contributed by atoms with Gasteiger partial charge in [0, 0.05) is 50.9 Å². The zero-order chi connectivity index (χ0) is 19.3. The van der Waals surface area contributed by atoms with Crippen LogP contribution in [0.3, 0.4) is 0 Å². The van der Waals surface area contributed by atoms with Crippen LogP contribution in [0.25, 0.3) is 0 Å². The van der Waals surface area contributed by atoms with Gasteiger partial charge >= 0.3 is 0 Å². The van der Waals surface area contributed by atoms with Gasteiger partial charge in [-0.05, 0) is 31.5 Å². The highest BCUT2D eigenvalue weighted by Crippen LogP contribution is 2.21. The lowest BCUT2D eigenvalue weighted by Gasteiger charge is -2.36. The summed E-state index contributed by atoms with van der Waals surface area (Å²) in [5, 5.41) is 3.17. The number of rotatable bonds is 6. The van der Waals surface area contributed by atoms with Gasteiger partial charge in [-0.1, -0.05) is 11.6 Å². The van der Waals surface area contributed by atoms with Crippen LogP contribution in [-0.4, -0.2) is 74.1 Å². The van der Waals surface area contributed by atoms with E-state index in [4.69, 9.17) is 16.3 Å². The fraction of sp³-hybridized carbons (Fsp3) is 0.556. The predicted molar refractivity (Wildman–Crippen MR) is 98.0 cm³/mol. The molecule has 0 unspecified atom stereocenters. The van der Waals surface area contributed by atoms with Crippen LogP contribution in [0.5, 0.6) is 0 Å². The first-order valence-electron chi connectivity index (χ1n) is 8.57. The summed E-state index contributed by atoms with van der Waals surface area (Å²) in [6.45, 7) is 6.77. The first kappa shape index (κ1) is 20.6. The van der Waals surface area contributed by atoms with E-state index in [1.54, 1.807) is 11.8 Å². The molecule has 0 bridgehead atoms. The first-order valence-corrected chi connectivity index (χ1v) is 8.95. The summed E-state index contributed by atoms with van der Waals surface area (Å²) < 4.78 is 18.9. The van der Waals surface area contributed by atoms with Gasteiger partial charge in [0.2, 0.25) is 5.91 Å². The minimum absolute atomic E-state index is 0.0174. The second-order valence-electron chi connectivity index (χ2n) is 6.58. The minimum Gasteiger partial charge on any atom is -0.375 e. The molecule has 0 saturated carbocycles. The summed E-state index contributed by atoms with van der Waals surface area (Å²) in [5.74, 6) is -1.06. The Morgan fingerprint density at radius 1 is 1.31 bits per heavy atom. The highest BCUT2D eigenvalue weighted by molar-refractivity contribution is 6.31. The van der Waals surface area contributed by atoms with Crippen LogP contribution in [-0.2, 0) is 9.53 Å². The molecule has 6 nitrogen and oxygen atoms in total. The number of carbonyl (C=O) groups is 2. The Hall–Kier alpha value is -1.70. The van der Waals surface area contributed by atoms with Crippen LogP contribution >= 0.6 is 11.6 Å². The highest BCUT2D eigenvalue weighted by atomic mass is 35.5. The molecule has 0 aliphatic carbocycles. The largest absolute Gasteiger partial charge is 0.375 e. The van der Waals surface area contributed by atoms with E-state index in [0.29, 0.717) is 43.3 Å². The second-order valence-corrected chi connectivity index (χ2v) is 6.98. The van der Waals surface area contributed by atoms with E-state index in [-0.39, 0.29) is 30.0 Å². The predicted octanol–water partition coefficient (Wildman–Crippen LogP) is 1.70. The lowest BCUT2D eigenvalue weighted by atomic mass is 10.1. The number of ether oxygens (including phenoxy) is 1. The van der Waals surface area contributed by atoms with Gasteiger partial charge in [0.25, 0.3) is 5.91 Å². The maximum absolute atomic E-state index is 14.1. The molecule has 1 aromatic rings. The Balaban J connectivity index is 1.87. The molecule has 26 heavy (non-hydrogen) atoms. The number of hydrogen-bond acceptors (Lipinski definition) is 4. The molecule has 8 heteroatoms. The number of benzene rings is 1. The van der Waals surface area contributed by atoms with Crippen LogP contribution in [0, 0.1) is 12.7 Å². The number of methoxy groups -OCH3 is 1. The van der Waals surface area contributed by atoms with Crippen molar-refractivity contribution in [2.75, 3.05) is 46.4 Å². The summed E-state index contributed by atoms with van der Waals surface area (Å²) >= 11 is 5.89. The Morgan fingerprint density at radius 3 is 2.58 bits per heavy atom. The third-order valence-electron chi connectivity index (χ3n) is 4.35. The molecule has 1 aliphatic rings. The quantitative estimate of drug-likeness (QED) is 0.809. The number of piperazine rings is 1. The summed E-state index contributed by atoms with van der Waals surface area (Å²) in [7, 11) is 1.48. The van der Waals surface area contributed by atoms with Gasteiger partial charge in [-0.15, -0.1) is 0 Å². The van der Waals surface area contributed by atoms with E-state index in [0.717, 1.165) is 0 Å². The average molecular weight is 386 g/mol. The van der Waals surface area contributed by atoms with Crippen molar-refractivity contribution in [1.29, 1.82) is 0 Å². The molecule has 0 radical (unpaired) electrons. The number of amides is 2. The maximum Gasteiger partial charge on any atom is 0.256 e. The lowest BCUT2D eigenvalue weighted by molar-refractivity contribution is -0.125. The van der Waals surface area contributed by atoms with Gasteiger partial charge in [-0.2, -0.15) is 0 Å². The molecule has 144 valence electrons. The number of nitrogens with one attached hydrogen (secondary N) is 1. The van der Waals surface area contributed by atoms with Gasteiger partial charge in [0.15, 0.2) is 0 Å². The van der Waals surface area contributed by atoms with Crippen molar-refractivity contribution in [2.45, 2.75) is 19.9 Å². The molecule has 1 saturated heterocycles. The first-order chi connectivity index (χ1) is 12.3. The summed E-state index contributed by atoms with van der Waals surface area (Å²) in [4.78, 5) is 27.9. The molecule has 2 rings (SSSR count). The summed E-state index contributed by atoms with van der Waals surface area (Å²) in [5.41, 5.74) is 0.733. The fourth-order valence-electron chi connectivity index (χ4n) is 3.01. The SMILES string of the molecule is COCC(=O)N[C@@H](C)CN1CCN(C(=O)c2cc(C)c(Cl)cc2F)CC1. The van der Waals surface area contributed by atoms with Crippen molar-refractivity contribution in [3.63, 3.8) is 0 Å². The lowest BCUT2D eigenvalue weighted by Crippen LogP contribution is -2.52. The van der Waals surface area contributed by atoms with Crippen molar-refractivity contribution in [3.05, 3.63) is 34.1 Å². The Labute approximate surface area is 158 Å². The van der Waals surface area contributed by atoms with Crippen molar-refractivity contribution < 1.29 is 18.7 Å². The average Bonchev–Trinajstić information content (AvgIpc) is 2.58.